The molecule has 1 unspecified atom stereocenters. The molecule has 0 saturated heterocycles. The van der Waals surface area contributed by atoms with Crippen molar-refractivity contribution < 1.29 is 4.79 Å². The van der Waals surface area contributed by atoms with Gasteiger partial charge >= 0.3 is 0 Å². The van der Waals surface area contributed by atoms with E-state index in [0.29, 0.717) is 11.7 Å². The summed E-state index contributed by atoms with van der Waals surface area (Å²) < 4.78 is 0. The molecule has 0 aromatic rings. The van der Waals surface area contributed by atoms with Crippen LogP contribution in [-0.2, 0) is 4.79 Å². The largest absolute Gasteiger partial charge is 0.300 e. The van der Waals surface area contributed by atoms with E-state index in [9.17, 15) is 4.79 Å². The highest BCUT2D eigenvalue weighted by Crippen LogP contribution is 2.33. The number of hydrogen-bond acceptors (Lipinski definition) is 1. The second-order valence-corrected chi connectivity index (χ2v) is 4.92. The molecule has 0 fully saturated rings. The van der Waals surface area contributed by atoms with Crippen LogP contribution >= 0.6 is 0 Å². The van der Waals surface area contributed by atoms with Gasteiger partial charge in [-0.25, -0.2) is 0 Å². The van der Waals surface area contributed by atoms with E-state index in [1.54, 1.807) is 6.92 Å². The van der Waals surface area contributed by atoms with Crippen LogP contribution < -0.4 is 0 Å². The fraction of sp³-hybridized carbons (Fsp3) is 0.909. The lowest BCUT2D eigenvalue weighted by atomic mass is 9.73. The molecule has 1 heteroatoms. The first-order valence-corrected chi connectivity index (χ1v) is 4.78. The van der Waals surface area contributed by atoms with Crippen molar-refractivity contribution in [2.75, 3.05) is 0 Å². The maximum atomic E-state index is 11.2. The zero-order valence-electron chi connectivity index (χ0n) is 9.27. The lowest BCUT2D eigenvalue weighted by Crippen LogP contribution is -2.28. The summed E-state index contributed by atoms with van der Waals surface area (Å²) >= 11 is 0. The van der Waals surface area contributed by atoms with E-state index < -0.39 is 0 Å². The van der Waals surface area contributed by atoms with Gasteiger partial charge in [0.25, 0.3) is 0 Å². The third-order valence-corrected chi connectivity index (χ3v) is 2.72. The normalized spacial score (nSPS) is 14.9. The second-order valence-electron chi connectivity index (χ2n) is 4.92. The molecule has 0 saturated carbocycles. The van der Waals surface area contributed by atoms with Crippen molar-refractivity contribution in [3.8, 4) is 0 Å². The summed E-state index contributed by atoms with van der Waals surface area (Å²) in [6.45, 7) is 12.5. The van der Waals surface area contributed by atoms with Crippen molar-refractivity contribution in [2.45, 2.75) is 48.0 Å². The fourth-order valence-electron chi connectivity index (χ4n) is 1.78. The Morgan fingerprint density at radius 2 is 1.67 bits per heavy atom. The minimum absolute atomic E-state index is 0.153. The third-order valence-electron chi connectivity index (χ3n) is 2.72. The number of rotatable bonds is 4. The zero-order chi connectivity index (χ0) is 9.94. The second kappa shape index (κ2) is 4.06. The van der Waals surface area contributed by atoms with Crippen LogP contribution in [0.3, 0.4) is 0 Å². The lowest BCUT2D eigenvalue weighted by Gasteiger charge is -2.31. The molecule has 0 aliphatic heterocycles. The molecule has 0 amide bonds. The van der Waals surface area contributed by atoms with Gasteiger partial charge in [-0.1, -0.05) is 34.6 Å². The summed E-state index contributed by atoms with van der Waals surface area (Å²) in [5, 5.41) is 0. The van der Waals surface area contributed by atoms with Gasteiger partial charge in [0.05, 0.1) is 0 Å². The van der Waals surface area contributed by atoms with Crippen LogP contribution in [0.4, 0.5) is 0 Å². The Morgan fingerprint density at radius 3 is 1.92 bits per heavy atom. The third kappa shape index (κ3) is 3.38. The van der Waals surface area contributed by atoms with E-state index in [0.717, 1.165) is 6.42 Å². The molecule has 0 aromatic carbocycles. The summed E-state index contributed by atoms with van der Waals surface area (Å²) in [6.07, 6.45) is 1.12. The van der Waals surface area contributed by atoms with Gasteiger partial charge in [-0.05, 0) is 24.7 Å². The fourth-order valence-corrected chi connectivity index (χ4v) is 1.78. The standard InChI is InChI=1S/C11H22O/c1-8(2)7-11(5,6)9(3)10(4)12/h8-9H,7H2,1-6H3. The van der Waals surface area contributed by atoms with Crippen LogP contribution in [0.2, 0.25) is 0 Å². The van der Waals surface area contributed by atoms with Gasteiger partial charge in [0, 0.05) is 5.92 Å². The van der Waals surface area contributed by atoms with Crippen LogP contribution in [0, 0.1) is 17.3 Å². The molecule has 1 atom stereocenters. The minimum Gasteiger partial charge on any atom is -0.300 e. The van der Waals surface area contributed by atoms with E-state index >= 15 is 0 Å². The molecule has 72 valence electrons. The quantitative estimate of drug-likeness (QED) is 0.632. The average molecular weight is 170 g/mol. The molecule has 0 aliphatic carbocycles. The van der Waals surface area contributed by atoms with E-state index in [-0.39, 0.29) is 11.3 Å². The minimum atomic E-state index is 0.153. The summed E-state index contributed by atoms with van der Waals surface area (Å²) in [5.41, 5.74) is 0.153. The summed E-state index contributed by atoms with van der Waals surface area (Å²) in [7, 11) is 0. The van der Waals surface area contributed by atoms with Gasteiger partial charge in [-0.2, -0.15) is 0 Å². The molecule has 0 rings (SSSR count). The van der Waals surface area contributed by atoms with Crippen LogP contribution in [0.25, 0.3) is 0 Å². The molecule has 1 nitrogen and oxygen atoms in total. The van der Waals surface area contributed by atoms with Gasteiger partial charge in [0.2, 0.25) is 0 Å². The van der Waals surface area contributed by atoms with Crippen LogP contribution in [0.1, 0.15) is 48.0 Å². The van der Waals surface area contributed by atoms with Crippen molar-refractivity contribution in [3.63, 3.8) is 0 Å². The van der Waals surface area contributed by atoms with E-state index in [4.69, 9.17) is 0 Å². The van der Waals surface area contributed by atoms with Crippen molar-refractivity contribution in [3.05, 3.63) is 0 Å². The number of ketones is 1. The number of carbonyl (C=O) groups excluding carboxylic acids is 1. The highest BCUT2D eigenvalue weighted by molar-refractivity contribution is 5.78. The van der Waals surface area contributed by atoms with Crippen LogP contribution in [0.15, 0.2) is 0 Å². The molecular weight excluding hydrogens is 148 g/mol. The SMILES string of the molecule is CC(=O)C(C)C(C)(C)CC(C)C. The zero-order valence-corrected chi connectivity index (χ0v) is 9.27. The maximum Gasteiger partial charge on any atom is 0.133 e. The molecule has 0 bridgehead atoms. The topological polar surface area (TPSA) is 17.1 Å². The van der Waals surface area contributed by atoms with E-state index in [2.05, 4.69) is 27.7 Å². The Hall–Kier alpha value is -0.330. The van der Waals surface area contributed by atoms with Crippen molar-refractivity contribution in [1.29, 1.82) is 0 Å². The summed E-state index contributed by atoms with van der Waals surface area (Å²) in [6, 6.07) is 0. The molecule has 0 aliphatic rings. The summed E-state index contributed by atoms with van der Waals surface area (Å²) in [5.74, 6) is 1.15. The molecule has 0 N–H and O–H groups in total. The Labute approximate surface area is 76.6 Å². The highest BCUT2D eigenvalue weighted by Gasteiger charge is 2.29. The highest BCUT2D eigenvalue weighted by atomic mass is 16.1. The predicted octanol–water partition coefficient (Wildman–Crippen LogP) is 3.28. The van der Waals surface area contributed by atoms with E-state index in [1.807, 2.05) is 6.92 Å². The van der Waals surface area contributed by atoms with E-state index in [1.165, 1.54) is 0 Å². The van der Waals surface area contributed by atoms with Crippen molar-refractivity contribution >= 4 is 5.78 Å². The van der Waals surface area contributed by atoms with Gasteiger partial charge in [0.1, 0.15) is 5.78 Å². The van der Waals surface area contributed by atoms with Crippen molar-refractivity contribution in [2.24, 2.45) is 17.3 Å². The number of carbonyl (C=O) groups is 1. The molecule has 0 spiro atoms. The first-order valence-electron chi connectivity index (χ1n) is 4.78. The van der Waals surface area contributed by atoms with Gasteiger partial charge < -0.3 is 0 Å². The molecule has 0 heterocycles. The first-order chi connectivity index (χ1) is 5.27. The lowest BCUT2D eigenvalue weighted by molar-refractivity contribution is -0.123. The maximum absolute atomic E-state index is 11.2. The Balaban J connectivity index is 4.28. The molecule has 0 radical (unpaired) electrons. The first kappa shape index (κ1) is 11.7. The number of hydrogen-bond donors (Lipinski definition) is 0. The van der Waals surface area contributed by atoms with Crippen LogP contribution in [-0.4, -0.2) is 5.78 Å². The number of Topliss-reactive ketones (excluding diaryl/α,β-unsaturated/α-hetero) is 1. The molecular formula is C11H22O. The molecule has 0 aromatic heterocycles. The average Bonchev–Trinajstić information content (AvgIpc) is 1.82. The van der Waals surface area contributed by atoms with Crippen molar-refractivity contribution in [1.82, 2.24) is 0 Å². The Kier molecular flexibility index (Phi) is 3.95. The molecule has 12 heavy (non-hydrogen) atoms. The smallest absolute Gasteiger partial charge is 0.133 e. The van der Waals surface area contributed by atoms with Gasteiger partial charge in [0.15, 0.2) is 0 Å². The monoisotopic (exact) mass is 170 g/mol. The summed E-state index contributed by atoms with van der Waals surface area (Å²) in [4.78, 5) is 11.2. The van der Waals surface area contributed by atoms with Gasteiger partial charge in [-0.3, -0.25) is 4.79 Å². The predicted molar refractivity (Wildman–Crippen MR) is 53.1 cm³/mol. The van der Waals surface area contributed by atoms with Gasteiger partial charge in [-0.15, -0.1) is 0 Å². The Morgan fingerprint density at radius 1 is 1.25 bits per heavy atom. The van der Waals surface area contributed by atoms with Crippen LogP contribution in [0.5, 0.6) is 0 Å². The Bertz CT molecular complexity index is 156.